The van der Waals surface area contributed by atoms with Crippen molar-refractivity contribution in [3.63, 3.8) is 0 Å². The maximum absolute atomic E-state index is 13.3. The molecule has 3 aliphatic rings. The van der Waals surface area contributed by atoms with Crippen LogP contribution in [0.15, 0.2) is 35.1 Å². The van der Waals surface area contributed by atoms with Crippen LogP contribution in [0.3, 0.4) is 0 Å². The predicted molar refractivity (Wildman–Crippen MR) is 145 cm³/mol. The second kappa shape index (κ2) is 10.5. The lowest BCUT2D eigenvalue weighted by atomic mass is 9.96. The van der Waals surface area contributed by atoms with Crippen LogP contribution in [0.5, 0.6) is 0 Å². The van der Waals surface area contributed by atoms with Gasteiger partial charge in [-0.3, -0.25) is 19.4 Å². The molecule has 0 radical (unpaired) electrons. The van der Waals surface area contributed by atoms with E-state index >= 15 is 0 Å². The number of hydrogen-bond acceptors (Lipinski definition) is 6. The summed E-state index contributed by atoms with van der Waals surface area (Å²) in [6.07, 6.45) is 5.35. The highest BCUT2D eigenvalue weighted by atomic mass is 32.2. The SMILES string of the molecule is CC(C)n1c(=O)c(C(=O)NC2C[C@H]3CC[C@@H](C2)N3CCN2CCN(S(C)(=O)=O)CC2)cc2ccccc21. The van der Waals surface area contributed by atoms with Gasteiger partial charge in [-0.25, -0.2) is 8.42 Å². The molecule has 0 spiro atoms. The molecule has 3 aliphatic heterocycles. The number of nitrogens with zero attached hydrogens (tertiary/aromatic N) is 4. The summed E-state index contributed by atoms with van der Waals surface area (Å²) in [5, 5.41) is 4.10. The van der Waals surface area contributed by atoms with E-state index in [0.717, 1.165) is 62.8 Å². The van der Waals surface area contributed by atoms with Crippen molar-refractivity contribution >= 4 is 26.8 Å². The molecule has 3 fully saturated rings. The molecule has 1 N–H and O–H groups in total. The average Bonchev–Trinajstić information content (AvgIpc) is 3.09. The van der Waals surface area contributed by atoms with Crippen molar-refractivity contribution < 1.29 is 13.2 Å². The molecule has 1 aromatic heterocycles. The van der Waals surface area contributed by atoms with Gasteiger partial charge in [-0.2, -0.15) is 4.31 Å². The van der Waals surface area contributed by atoms with Crippen molar-refractivity contribution in [3.05, 3.63) is 46.2 Å². The number of pyridine rings is 1. The van der Waals surface area contributed by atoms with Gasteiger partial charge in [-0.1, -0.05) is 18.2 Å². The van der Waals surface area contributed by atoms with Crippen LogP contribution >= 0.6 is 0 Å². The van der Waals surface area contributed by atoms with Gasteiger partial charge in [0.25, 0.3) is 11.5 Å². The summed E-state index contributed by atoms with van der Waals surface area (Å²) >= 11 is 0. The van der Waals surface area contributed by atoms with Crippen molar-refractivity contribution in [1.82, 2.24) is 24.0 Å². The minimum absolute atomic E-state index is 0.0430. The smallest absolute Gasteiger partial charge is 0.264 e. The molecule has 1 aromatic carbocycles. The number of sulfonamides is 1. The van der Waals surface area contributed by atoms with Crippen LogP contribution in [-0.4, -0.2) is 96.6 Å². The summed E-state index contributed by atoms with van der Waals surface area (Å²) in [6.45, 7) is 8.51. The average molecular weight is 530 g/mol. The first kappa shape index (κ1) is 26.3. The van der Waals surface area contributed by atoms with Gasteiger partial charge in [0, 0.05) is 63.4 Å². The van der Waals surface area contributed by atoms with E-state index in [4.69, 9.17) is 0 Å². The third-order valence-corrected chi connectivity index (χ3v) is 9.70. The normalized spacial score (nSPS) is 25.7. The molecule has 0 saturated carbocycles. The Hall–Kier alpha value is -2.27. The van der Waals surface area contributed by atoms with Gasteiger partial charge in [0.15, 0.2) is 0 Å². The van der Waals surface area contributed by atoms with Crippen LogP contribution in [0.2, 0.25) is 0 Å². The second-order valence-electron chi connectivity index (χ2n) is 11.2. The Morgan fingerprint density at radius 1 is 1.03 bits per heavy atom. The highest BCUT2D eigenvalue weighted by molar-refractivity contribution is 7.88. The largest absolute Gasteiger partial charge is 0.349 e. The monoisotopic (exact) mass is 529 g/mol. The molecule has 37 heavy (non-hydrogen) atoms. The lowest BCUT2D eigenvalue weighted by Crippen LogP contribution is -2.54. The van der Waals surface area contributed by atoms with Crippen molar-refractivity contribution in [2.75, 3.05) is 45.5 Å². The zero-order valence-electron chi connectivity index (χ0n) is 22.1. The fourth-order valence-electron chi connectivity index (χ4n) is 6.52. The summed E-state index contributed by atoms with van der Waals surface area (Å²) in [6, 6.07) is 10.4. The number of rotatable bonds is 7. The van der Waals surface area contributed by atoms with Crippen LogP contribution in [-0.2, 0) is 10.0 Å². The van der Waals surface area contributed by atoms with Gasteiger partial charge in [-0.05, 0) is 57.0 Å². The molecule has 10 heteroatoms. The number of benzene rings is 1. The van der Waals surface area contributed by atoms with Crippen LogP contribution in [0.1, 0.15) is 55.9 Å². The van der Waals surface area contributed by atoms with E-state index < -0.39 is 10.0 Å². The molecule has 0 aliphatic carbocycles. The fraction of sp³-hybridized carbons (Fsp3) is 0.630. The first-order valence-electron chi connectivity index (χ1n) is 13.5. The summed E-state index contributed by atoms with van der Waals surface area (Å²) in [7, 11) is -3.11. The third-order valence-electron chi connectivity index (χ3n) is 8.40. The van der Waals surface area contributed by atoms with Crippen LogP contribution in [0.25, 0.3) is 10.9 Å². The molecule has 5 rings (SSSR count). The summed E-state index contributed by atoms with van der Waals surface area (Å²) in [5.41, 5.74) is 0.834. The molecule has 4 heterocycles. The Labute approximate surface area is 219 Å². The van der Waals surface area contributed by atoms with Crippen LogP contribution in [0, 0.1) is 0 Å². The number of amides is 1. The number of carbonyl (C=O) groups excluding carboxylic acids is 1. The number of aromatic nitrogens is 1. The van der Waals surface area contributed by atoms with E-state index in [-0.39, 0.29) is 29.1 Å². The molecule has 3 saturated heterocycles. The zero-order chi connectivity index (χ0) is 26.3. The van der Waals surface area contributed by atoms with Crippen molar-refractivity contribution in [2.24, 2.45) is 0 Å². The van der Waals surface area contributed by atoms with Crippen molar-refractivity contribution in [3.8, 4) is 0 Å². The highest BCUT2D eigenvalue weighted by Gasteiger charge is 2.41. The molecule has 3 atom stereocenters. The molecule has 9 nitrogen and oxygen atoms in total. The third kappa shape index (κ3) is 5.48. The Balaban J connectivity index is 1.20. The molecule has 202 valence electrons. The minimum Gasteiger partial charge on any atom is -0.349 e. The molecule has 2 aromatic rings. The van der Waals surface area contributed by atoms with E-state index in [1.807, 2.05) is 38.1 Å². The first-order chi connectivity index (χ1) is 17.6. The standard InChI is InChI=1S/C27H39N5O4S/c1-19(2)32-25-7-5-4-6-20(25)16-24(27(32)34)26(33)28-21-17-22-8-9-23(18-21)31(22)15-12-29-10-13-30(14-11-29)37(3,35)36/h4-7,16,19,21-23H,8-15,17-18H2,1-3H3,(H,28,33)/t21?,22-,23+. The maximum atomic E-state index is 13.3. The van der Waals surface area contributed by atoms with Gasteiger partial charge >= 0.3 is 0 Å². The Morgan fingerprint density at radius 3 is 2.30 bits per heavy atom. The minimum atomic E-state index is -3.11. The van der Waals surface area contributed by atoms with Gasteiger partial charge in [0.1, 0.15) is 5.56 Å². The van der Waals surface area contributed by atoms with Gasteiger partial charge < -0.3 is 9.88 Å². The Bertz CT molecular complexity index is 1300. The molecule has 1 unspecified atom stereocenters. The van der Waals surface area contributed by atoms with Crippen LogP contribution < -0.4 is 10.9 Å². The van der Waals surface area contributed by atoms with E-state index in [0.29, 0.717) is 25.2 Å². The quantitative estimate of drug-likeness (QED) is 0.589. The lowest BCUT2D eigenvalue weighted by Gasteiger charge is -2.41. The second-order valence-corrected chi connectivity index (χ2v) is 13.1. The fourth-order valence-corrected chi connectivity index (χ4v) is 7.35. The van der Waals surface area contributed by atoms with E-state index in [2.05, 4.69) is 15.1 Å². The van der Waals surface area contributed by atoms with E-state index in [1.165, 1.54) is 6.26 Å². The maximum Gasteiger partial charge on any atom is 0.264 e. The highest BCUT2D eigenvalue weighted by Crippen LogP contribution is 2.35. The molecule has 1 amide bonds. The number of para-hydroxylation sites is 1. The summed E-state index contributed by atoms with van der Waals surface area (Å²) in [4.78, 5) is 31.5. The predicted octanol–water partition coefficient (Wildman–Crippen LogP) is 1.88. The lowest BCUT2D eigenvalue weighted by molar-refractivity contribution is 0.0783. The Morgan fingerprint density at radius 2 is 1.68 bits per heavy atom. The van der Waals surface area contributed by atoms with E-state index in [9.17, 15) is 18.0 Å². The molecular formula is C27H39N5O4S. The number of piperazine rings is 1. The summed E-state index contributed by atoms with van der Waals surface area (Å²) < 4.78 is 26.8. The summed E-state index contributed by atoms with van der Waals surface area (Å²) in [5.74, 6) is -0.272. The molecule has 2 bridgehead atoms. The van der Waals surface area contributed by atoms with Crippen molar-refractivity contribution in [2.45, 2.75) is 63.7 Å². The topological polar surface area (TPSA) is 95.0 Å². The van der Waals surface area contributed by atoms with Crippen molar-refractivity contribution in [1.29, 1.82) is 0 Å². The number of nitrogens with one attached hydrogen (secondary N) is 1. The van der Waals surface area contributed by atoms with E-state index in [1.54, 1.807) is 14.9 Å². The number of hydrogen-bond donors (Lipinski definition) is 1. The zero-order valence-corrected chi connectivity index (χ0v) is 22.9. The number of fused-ring (bicyclic) bond motifs is 3. The number of piperidine rings is 1. The van der Waals surface area contributed by atoms with Gasteiger partial charge in [0.2, 0.25) is 10.0 Å². The Kier molecular flexibility index (Phi) is 7.46. The van der Waals surface area contributed by atoms with Crippen LogP contribution in [0.4, 0.5) is 0 Å². The van der Waals surface area contributed by atoms with Gasteiger partial charge in [0.05, 0.1) is 11.8 Å². The number of carbonyl (C=O) groups is 1. The van der Waals surface area contributed by atoms with Gasteiger partial charge in [-0.15, -0.1) is 0 Å². The first-order valence-corrected chi connectivity index (χ1v) is 15.3. The molecular weight excluding hydrogens is 490 g/mol.